The zero-order valence-corrected chi connectivity index (χ0v) is 18.9. The minimum absolute atomic E-state index is 0.0452. The van der Waals surface area contributed by atoms with Crippen LogP contribution in [0.25, 0.3) is 0 Å². The highest BCUT2D eigenvalue weighted by Crippen LogP contribution is 2.40. The third kappa shape index (κ3) is 6.17. The van der Waals surface area contributed by atoms with Crippen molar-refractivity contribution in [2.75, 3.05) is 5.32 Å². The zero-order valence-electron chi connectivity index (χ0n) is 18.1. The van der Waals surface area contributed by atoms with Gasteiger partial charge in [-0.2, -0.15) is 0 Å². The highest BCUT2D eigenvalue weighted by Gasteiger charge is 2.29. The van der Waals surface area contributed by atoms with E-state index in [1.165, 1.54) is 21.8 Å². The van der Waals surface area contributed by atoms with E-state index >= 15 is 0 Å². The molecule has 1 atom stereocenters. The second-order valence-corrected chi connectivity index (χ2v) is 9.29. The monoisotopic (exact) mass is 442 g/mol. The molecule has 0 bridgehead atoms. The summed E-state index contributed by atoms with van der Waals surface area (Å²) in [5.74, 6) is -0.733. The molecule has 6 nitrogen and oxygen atoms in total. The van der Waals surface area contributed by atoms with Crippen molar-refractivity contribution in [3.63, 3.8) is 0 Å². The van der Waals surface area contributed by atoms with Crippen LogP contribution in [0.15, 0.2) is 24.3 Å². The first-order valence-corrected chi connectivity index (χ1v) is 11.7. The maximum atomic E-state index is 13.1. The molecular formula is C24H30N2O4S. The van der Waals surface area contributed by atoms with Crippen molar-refractivity contribution in [1.82, 2.24) is 5.32 Å². The molecule has 3 N–H and O–H groups in total. The van der Waals surface area contributed by atoms with Crippen molar-refractivity contribution in [2.45, 2.75) is 65.3 Å². The van der Waals surface area contributed by atoms with Crippen LogP contribution < -0.4 is 10.6 Å². The van der Waals surface area contributed by atoms with Gasteiger partial charge in [0.15, 0.2) is 0 Å². The Morgan fingerprint density at radius 3 is 2.58 bits per heavy atom. The normalized spacial score (nSPS) is 15.2. The molecule has 31 heavy (non-hydrogen) atoms. The quantitative estimate of drug-likeness (QED) is 0.525. The van der Waals surface area contributed by atoms with Gasteiger partial charge in [0, 0.05) is 24.3 Å². The van der Waals surface area contributed by atoms with E-state index in [-0.39, 0.29) is 31.1 Å². The summed E-state index contributed by atoms with van der Waals surface area (Å²) in [5, 5.41) is 15.3. The fourth-order valence-electron chi connectivity index (χ4n) is 3.90. The Hall–Kier alpha value is -2.67. The summed E-state index contributed by atoms with van der Waals surface area (Å²) in [6, 6.07) is 8.02. The predicted octanol–water partition coefficient (Wildman–Crippen LogP) is 4.69. The number of fused-ring (bicyclic) bond motifs is 1. The van der Waals surface area contributed by atoms with Gasteiger partial charge < -0.3 is 15.7 Å². The summed E-state index contributed by atoms with van der Waals surface area (Å²) in [6.45, 7) is 4.63. The number of carbonyl (C=O) groups excluding carboxylic acids is 2. The smallest absolute Gasteiger partial charge is 0.303 e. The van der Waals surface area contributed by atoms with Crippen molar-refractivity contribution >= 4 is 34.1 Å². The molecule has 1 heterocycles. The van der Waals surface area contributed by atoms with Crippen LogP contribution in [0.3, 0.4) is 0 Å². The van der Waals surface area contributed by atoms with Crippen LogP contribution in [0.1, 0.15) is 71.0 Å². The number of carbonyl (C=O) groups is 3. The Bertz CT molecular complexity index is 949. The van der Waals surface area contributed by atoms with E-state index < -0.39 is 5.97 Å². The summed E-state index contributed by atoms with van der Waals surface area (Å²) >= 11 is 1.49. The fraction of sp³-hybridized carbons (Fsp3) is 0.458. The number of amides is 2. The van der Waals surface area contributed by atoms with Gasteiger partial charge in [-0.05, 0) is 49.7 Å². The van der Waals surface area contributed by atoms with E-state index in [1.54, 1.807) is 0 Å². The second kappa shape index (κ2) is 10.6. The molecule has 7 heteroatoms. The number of anilines is 1. The van der Waals surface area contributed by atoms with Crippen molar-refractivity contribution in [2.24, 2.45) is 5.92 Å². The van der Waals surface area contributed by atoms with Crippen LogP contribution in [0.5, 0.6) is 0 Å². The Balaban J connectivity index is 1.76. The van der Waals surface area contributed by atoms with Crippen LogP contribution in [0.2, 0.25) is 0 Å². The van der Waals surface area contributed by atoms with Gasteiger partial charge >= 0.3 is 5.97 Å². The number of nitrogens with one attached hydrogen (secondary N) is 2. The van der Waals surface area contributed by atoms with Gasteiger partial charge in [0.2, 0.25) is 5.91 Å². The molecule has 0 fully saturated rings. The minimum Gasteiger partial charge on any atom is -0.481 e. The van der Waals surface area contributed by atoms with Crippen LogP contribution >= 0.6 is 11.3 Å². The largest absolute Gasteiger partial charge is 0.481 e. The first kappa shape index (κ1) is 23.0. The van der Waals surface area contributed by atoms with Crippen LogP contribution in [0, 0.1) is 12.8 Å². The van der Waals surface area contributed by atoms with Crippen LogP contribution in [-0.2, 0) is 29.0 Å². The molecule has 0 saturated carbocycles. The molecule has 0 saturated heterocycles. The number of aliphatic carboxylic acids is 1. The molecule has 1 aliphatic rings. The number of hydrogen-bond donors (Lipinski definition) is 3. The van der Waals surface area contributed by atoms with E-state index in [0.29, 0.717) is 23.0 Å². The van der Waals surface area contributed by atoms with Gasteiger partial charge in [0.1, 0.15) is 5.00 Å². The lowest BCUT2D eigenvalue weighted by atomic mass is 9.85. The molecule has 1 aromatic heterocycles. The summed E-state index contributed by atoms with van der Waals surface area (Å²) in [4.78, 5) is 37.4. The lowest BCUT2D eigenvalue weighted by Crippen LogP contribution is -2.26. The summed E-state index contributed by atoms with van der Waals surface area (Å²) in [6.07, 6.45) is 4.27. The molecule has 1 unspecified atom stereocenters. The van der Waals surface area contributed by atoms with E-state index in [0.717, 1.165) is 36.8 Å². The molecule has 1 aliphatic carbocycles. The maximum absolute atomic E-state index is 13.1. The molecular weight excluding hydrogens is 412 g/mol. The number of hydrogen-bond acceptors (Lipinski definition) is 4. The molecule has 0 spiro atoms. The average molecular weight is 443 g/mol. The van der Waals surface area contributed by atoms with Gasteiger partial charge in [0.05, 0.1) is 5.56 Å². The summed E-state index contributed by atoms with van der Waals surface area (Å²) in [7, 11) is 0. The molecule has 2 aromatic rings. The standard InChI is InChI=1S/C24H30N2O4S/c1-3-16-11-12-18-19(13-16)31-24(26-20(27)5-4-6-21(28)29)22(18)23(30)25-14-17-9-7-15(2)8-10-17/h7-10,16H,3-6,11-14H2,1-2H3,(H,25,30)(H,26,27)(H,28,29). The summed E-state index contributed by atoms with van der Waals surface area (Å²) < 4.78 is 0. The summed E-state index contributed by atoms with van der Waals surface area (Å²) in [5.41, 5.74) is 3.82. The highest BCUT2D eigenvalue weighted by atomic mass is 32.1. The topological polar surface area (TPSA) is 95.5 Å². The SMILES string of the molecule is CCC1CCc2c(sc(NC(=O)CCCC(=O)O)c2C(=O)NCc2ccc(C)cc2)C1. The molecule has 1 aromatic carbocycles. The molecule has 3 rings (SSSR count). The van der Waals surface area contributed by atoms with Crippen LogP contribution in [0.4, 0.5) is 5.00 Å². The fourth-order valence-corrected chi connectivity index (χ4v) is 5.27. The number of thiophene rings is 1. The molecule has 0 radical (unpaired) electrons. The van der Waals surface area contributed by atoms with E-state index in [9.17, 15) is 14.4 Å². The Morgan fingerprint density at radius 2 is 1.90 bits per heavy atom. The van der Waals surface area contributed by atoms with Crippen molar-refractivity contribution in [3.05, 3.63) is 51.4 Å². The van der Waals surface area contributed by atoms with Gasteiger partial charge in [0.25, 0.3) is 5.91 Å². The van der Waals surface area contributed by atoms with E-state index in [2.05, 4.69) is 17.6 Å². The van der Waals surface area contributed by atoms with Gasteiger partial charge in [-0.25, -0.2) is 0 Å². The number of carboxylic acid groups (broad SMARTS) is 1. The maximum Gasteiger partial charge on any atom is 0.303 e. The Kier molecular flexibility index (Phi) is 7.85. The van der Waals surface area contributed by atoms with E-state index in [1.807, 2.05) is 31.2 Å². The minimum atomic E-state index is -0.916. The average Bonchev–Trinajstić information content (AvgIpc) is 3.09. The lowest BCUT2D eigenvalue weighted by Gasteiger charge is -2.21. The number of benzene rings is 1. The number of carboxylic acids is 1. The number of aryl methyl sites for hydroxylation is 1. The van der Waals surface area contributed by atoms with Crippen LogP contribution in [-0.4, -0.2) is 22.9 Å². The predicted molar refractivity (Wildman–Crippen MR) is 123 cm³/mol. The molecule has 2 amide bonds. The van der Waals surface area contributed by atoms with Crippen molar-refractivity contribution < 1.29 is 19.5 Å². The Morgan fingerprint density at radius 1 is 1.16 bits per heavy atom. The van der Waals surface area contributed by atoms with E-state index in [4.69, 9.17) is 5.11 Å². The molecule has 0 aliphatic heterocycles. The van der Waals surface area contributed by atoms with Crippen molar-refractivity contribution in [1.29, 1.82) is 0 Å². The third-order valence-electron chi connectivity index (χ3n) is 5.79. The Labute approximate surface area is 187 Å². The lowest BCUT2D eigenvalue weighted by molar-refractivity contribution is -0.137. The van der Waals surface area contributed by atoms with Crippen molar-refractivity contribution in [3.8, 4) is 0 Å². The van der Waals surface area contributed by atoms with Gasteiger partial charge in [-0.3, -0.25) is 14.4 Å². The third-order valence-corrected chi connectivity index (χ3v) is 6.96. The second-order valence-electron chi connectivity index (χ2n) is 8.19. The number of rotatable bonds is 9. The van der Waals surface area contributed by atoms with Gasteiger partial charge in [-0.1, -0.05) is 43.2 Å². The highest BCUT2D eigenvalue weighted by molar-refractivity contribution is 7.17. The zero-order chi connectivity index (χ0) is 22.4. The van der Waals surface area contributed by atoms with Gasteiger partial charge in [-0.15, -0.1) is 11.3 Å². The first-order chi connectivity index (χ1) is 14.9. The molecule has 166 valence electrons. The first-order valence-electron chi connectivity index (χ1n) is 10.9.